The van der Waals surface area contributed by atoms with Crippen molar-refractivity contribution < 1.29 is 53.6 Å². The van der Waals surface area contributed by atoms with Gasteiger partial charge in [0.15, 0.2) is 12.6 Å². The molecule has 53 heavy (non-hydrogen) atoms. The molecule has 0 saturated carbocycles. The van der Waals surface area contributed by atoms with Crippen LogP contribution in [0.4, 0.5) is 0 Å². The van der Waals surface area contributed by atoms with E-state index in [1.807, 2.05) is 55.5 Å². The molecule has 4 heterocycles. The van der Waals surface area contributed by atoms with Crippen LogP contribution >= 0.6 is 0 Å². The molecule has 4 rings (SSSR count). The number of hydrogen-bond donors (Lipinski definition) is 5. The third-order valence-electron chi connectivity index (χ3n) is 13.0. The number of methoxy groups -OCH3 is 1. The maximum absolute atomic E-state index is 14.4. The van der Waals surface area contributed by atoms with Gasteiger partial charge in [-0.25, -0.2) is 0 Å². The average molecular weight is 757 g/mol. The van der Waals surface area contributed by atoms with Crippen molar-refractivity contribution in [2.45, 2.75) is 205 Å². The van der Waals surface area contributed by atoms with Gasteiger partial charge in [-0.3, -0.25) is 9.69 Å². The quantitative estimate of drug-likeness (QED) is 0.232. The van der Waals surface area contributed by atoms with E-state index in [0.717, 1.165) is 5.57 Å². The molecule has 0 aromatic carbocycles. The molecule has 4 unspecified atom stereocenters. The Balaban J connectivity index is 1.85. The molecule has 0 aliphatic carbocycles. The van der Waals surface area contributed by atoms with E-state index >= 15 is 0 Å². The molecule has 17 atom stereocenters. The third kappa shape index (κ3) is 8.95. The first-order chi connectivity index (χ1) is 24.5. The maximum Gasteiger partial charge on any atom is 0.225 e. The number of amides is 1. The van der Waals surface area contributed by atoms with Crippen LogP contribution in [-0.2, 0) is 33.2 Å². The summed E-state index contributed by atoms with van der Waals surface area (Å²) < 4.78 is 39.1. The second-order valence-corrected chi connectivity index (χ2v) is 17.7. The molecule has 3 saturated heterocycles. The summed E-state index contributed by atoms with van der Waals surface area (Å²) in [5.74, 6) is -1.84. The Kier molecular flexibility index (Phi) is 14.2. The van der Waals surface area contributed by atoms with Crippen LogP contribution in [-0.4, -0.2) is 136 Å². The number of aliphatic hydroxyl groups is 4. The number of likely N-dealkylation sites (N-methyl/N-ethyl adjacent to an activating group) is 1. The molecule has 0 aromatic rings. The second kappa shape index (κ2) is 17.0. The summed E-state index contributed by atoms with van der Waals surface area (Å²) in [5, 5.41) is 49.7. The van der Waals surface area contributed by atoms with E-state index < -0.39 is 89.8 Å². The molecule has 0 radical (unpaired) electrons. The highest BCUT2D eigenvalue weighted by molar-refractivity contribution is 5.79. The fraction of sp³-hybridized carbons (Fsp3) is 0.925. The molecular weight excluding hydrogens is 684 g/mol. The number of nitrogens with one attached hydrogen (secondary N) is 1. The minimum absolute atomic E-state index is 0.169. The van der Waals surface area contributed by atoms with Crippen molar-refractivity contribution in [1.29, 1.82) is 0 Å². The molecule has 0 spiro atoms. The van der Waals surface area contributed by atoms with Crippen LogP contribution in [0.3, 0.4) is 0 Å². The highest BCUT2D eigenvalue weighted by atomic mass is 16.7. The Morgan fingerprint density at radius 3 is 2.23 bits per heavy atom. The molecule has 2 bridgehead atoms. The van der Waals surface area contributed by atoms with Gasteiger partial charge in [-0.2, -0.15) is 0 Å². The van der Waals surface area contributed by atoms with Crippen LogP contribution in [0.25, 0.3) is 0 Å². The first-order valence-corrected chi connectivity index (χ1v) is 19.9. The van der Waals surface area contributed by atoms with Crippen LogP contribution in [0.1, 0.15) is 115 Å². The molecule has 1 amide bonds. The van der Waals surface area contributed by atoms with Crippen molar-refractivity contribution in [2.75, 3.05) is 14.2 Å². The molecular formula is C40H72N2O11. The smallest absolute Gasteiger partial charge is 0.225 e. The number of carbonyl (C=O) groups is 1. The summed E-state index contributed by atoms with van der Waals surface area (Å²) in [5.41, 5.74) is -2.84. The lowest BCUT2D eigenvalue weighted by Crippen LogP contribution is -2.62. The van der Waals surface area contributed by atoms with Crippen molar-refractivity contribution in [1.82, 2.24) is 10.2 Å². The Labute approximate surface area is 318 Å². The van der Waals surface area contributed by atoms with E-state index in [4.69, 9.17) is 28.4 Å². The summed E-state index contributed by atoms with van der Waals surface area (Å²) in [7, 11) is 3.53. The lowest BCUT2D eigenvalue weighted by Gasteiger charge is -2.49. The Morgan fingerprint density at radius 1 is 1.00 bits per heavy atom. The van der Waals surface area contributed by atoms with E-state index in [9.17, 15) is 25.2 Å². The van der Waals surface area contributed by atoms with Crippen LogP contribution in [0.5, 0.6) is 0 Å². The molecule has 13 heteroatoms. The zero-order valence-electron chi connectivity index (χ0n) is 34.8. The number of ether oxygens (including phenoxy) is 6. The van der Waals surface area contributed by atoms with Gasteiger partial charge in [0.2, 0.25) is 5.91 Å². The monoisotopic (exact) mass is 757 g/mol. The van der Waals surface area contributed by atoms with Crippen LogP contribution in [0.15, 0.2) is 11.3 Å². The van der Waals surface area contributed by atoms with Gasteiger partial charge >= 0.3 is 0 Å². The van der Waals surface area contributed by atoms with Crippen LogP contribution in [0, 0.1) is 17.8 Å². The predicted octanol–water partition coefficient (Wildman–Crippen LogP) is 3.63. The van der Waals surface area contributed by atoms with Crippen molar-refractivity contribution >= 4 is 5.91 Å². The van der Waals surface area contributed by atoms with Crippen LogP contribution in [0.2, 0.25) is 0 Å². The number of rotatable bonds is 9. The number of nitrogens with zero attached hydrogens (tertiary/aromatic N) is 1. The summed E-state index contributed by atoms with van der Waals surface area (Å²) >= 11 is 0. The lowest BCUT2D eigenvalue weighted by molar-refractivity contribution is -0.317. The average Bonchev–Trinajstić information content (AvgIpc) is 3.41. The topological polar surface area (TPSA) is 169 Å². The largest absolute Gasteiger partial charge is 0.489 e. The zero-order chi connectivity index (χ0) is 40.0. The summed E-state index contributed by atoms with van der Waals surface area (Å²) in [4.78, 5) is 16.5. The Bertz CT molecular complexity index is 1280. The van der Waals surface area contributed by atoms with E-state index in [2.05, 4.69) is 24.1 Å². The maximum atomic E-state index is 14.4. The molecule has 3 fully saturated rings. The predicted molar refractivity (Wildman–Crippen MR) is 200 cm³/mol. The van der Waals surface area contributed by atoms with Gasteiger partial charge in [-0.05, 0) is 80.9 Å². The SMILES string of the molecule is CCCC1NC(=O)[C@H](C)[C@@H](OC2C[C@@](C)(OC)C(O)[C@H](C)O2)[C@H](C)[C@@H](OC2O[C@H](C)C[C@H](N(C)C(C)C)[C@H]2O)[C@@]2(C)CC(C)=C(O2)[C@H](C)[C@@H](O)[C@]1(C)O. The summed E-state index contributed by atoms with van der Waals surface area (Å²) in [6, 6.07) is -0.846. The van der Waals surface area contributed by atoms with Crippen molar-refractivity contribution in [3.63, 3.8) is 0 Å². The standard InChI is InChI=1S/C40H72N2O11/c1-15-16-28-40(12,47)33(44)23(6)31-21(4)18-39(11,53-31)35(52-37-30(43)27(17-22(5)49-37)42(13)20(2)3)24(7)32(25(8)36(46)41-28)51-29-19-38(10,48-14)34(45)26(9)50-29/h20,22-30,32-35,37,43-45,47H,15-19H2,1-14H3,(H,41,46)/t22-,23+,24+,25-,26+,27+,28?,29?,30-,32+,33-,34?,35-,37?,38-,39-,40-/m1/s1. The fourth-order valence-electron chi connectivity index (χ4n) is 9.27. The third-order valence-corrected chi connectivity index (χ3v) is 13.0. The molecule has 308 valence electrons. The summed E-state index contributed by atoms with van der Waals surface area (Å²) in [6.45, 7) is 22.7. The minimum Gasteiger partial charge on any atom is -0.489 e. The van der Waals surface area contributed by atoms with Crippen molar-refractivity contribution in [3.05, 3.63) is 11.3 Å². The van der Waals surface area contributed by atoms with Gasteiger partial charge in [0.25, 0.3) is 0 Å². The zero-order valence-corrected chi connectivity index (χ0v) is 34.8. The second-order valence-electron chi connectivity index (χ2n) is 17.7. The van der Waals surface area contributed by atoms with Gasteiger partial charge in [0, 0.05) is 43.9 Å². The van der Waals surface area contributed by atoms with Gasteiger partial charge in [-0.1, -0.05) is 34.1 Å². The highest BCUT2D eigenvalue weighted by Crippen LogP contribution is 2.47. The fourth-order valence-corrected chi connectivity index (χ4v) is 9.27. The number of fused-ring (bicyclic) bond motifs is 2. The Hall–Kier alpha value is -1.39. The summed E-state index contributed by atoms with van der Waals surface area (Å²) in [6.07, 6.45) is -5.28. The normalized spacial score (nSPS) is 47.5. The van der Waals surface area contributed by atoms with E-state index in [1.165, 1.54) is 0 Å². The van der Waals surface area contributed by atoms with E-state index in [0.29, 0.717) is 31.4 Å². The van der Waals surface area contributed by atoms with Crippen LogP contribution < -0.4 is 5.32 Å². The van der Waals surface area contributed by atoms with Crippen molar-refractivity contribution in [3.8, 4) is 0 Å². The highest BCUT2D eigenvalue weighted by Gasteiger charge is 2.56. The molecule has 13 nitrogen and oxygen atoms in total. The molecule has 0 aromatic heterocycles. The molecule has 4 aliphatic rings. The van der Waals surface area contributed by atoms with Gasteiger partial charge in [-0.15, -0.1) is 0 Å². The van der Waals surface area contributed by atoms with Gasteiger partial charge in [0.05, 0.1) is 42.0 Å². The van der Waals surface area contributed by atoms with E-state index in [-0.39, 0.29) is 30.5 Å². The van der Waals surface area contributed by atoms with E-state index in [1.54, 1.807) is 27.9 Å². The number of carbonyl (C=O) groups excluding carboxylic acids is 1. The van der Waals surface area contributed by atoms with Crippen molar-refractivity contribution in [2.24, 2.45) is 17.8 Å². The van der Waals surface area contributed by atoms with Gasteiger partial charge < -0.3 is 54.2 Å². The first-order valence-electron chi connectivity index (χ1n) is 19.9. The lowest BCUT2D eigenvalue weighted by atomic mass is 9.77. The molecule has 4 aliphatic heterocycles. The number of hydrogen-bond acceptors (Lipinski definition) is 12. The Morgan fingerprint density at radius 2 is 1.64 bits per heavy atom. The first kappa shape index (κ1) is 44.3. The molecule has 5 N–H and O–H groups in total. The number of aliphatic hydroxyl groups excluding tert-OH is 3. The minimum atomic E-state index is -1.71. The van der Waals surface area contributed by atoms with Gasteiger partial charge in [0.1, 0.15) is 35.3 Å².